The number of ether oxygens (including phenoxy) is 1. The molecular weight excluding hydrogens is 190 g/mol. The van der Waals surface area contributed by atoms with E-state index in [-0.39, 0.29) is 0 Å². The summed E-state index contributed by atoms with van der Waals surface area (Å²) < 4.78 is 4.60. The van der Waals surface area contributed by atoms with Crippen LogP contribution in [0.2, 0.25) is 0 Å². The average Bonchev–Trinajstić information content (AvgIpc) is 2.29. The van der Waals surface area contributed by atoms with E-state index >= 15 is 0 Å². The summed E-state index contributed by atoms with van der Waals surface area (Å²) >= 11 is 0. The molecule has 0 saturated heterocycles. The van der Waals surface area contributed by atoms with E-state index in [1.54, 1.807) is 0 Å². The molecule has 15 heavy (non-hydrogen) atoms. The molecule has 0 bridgehead atoms. The Kier molecular flexibility index (Phi) is 2.90. The van der Waals surface area contributed by atoms with E-state index in [2.05, 4.69) is 16.1 Å². The van der Waals surface area contributed by atoms with Crippen molar-refractivity contribution in [3.63, 3.8) is 0 Å². The van der Waals surface area contributed by atoms with Crippen LogP contribution in [0.25, 0.3) is 0 Å². The Morgan fingerprint density at radius 3 is 2.93 bits per heavy atom. The Morgan fingerprint density at radius 1 is 1.33 bits per heavy atom. The number of hydrogen-bond donors (Lipinski definition) is 1. The number of fused-ring (bicyclic) bond motifs is 1. The van der Waals surface area contributed by atoms with E-state index in [1.807, 2.05) is 12.1 Å². The molecular formula is C12H15NO2. The predicted molar refractivity (Wildman–Crippen MR) is 59.1 cm³/mol. The molecule has 1 N–H and O–H groups in total. The Balaban J connectivity index is 2.27. The van der Waals surface area contributed by atoms with Gasteiger partial charge in [0, 0.05) is 5.69 Å². The van der Waals surface area contributed by atoms with Crippen LogP contribution in [0.1, 0.15) is 24.0 Å². The second-order valence-corrected chi connectivity index (χ2v) is 3.77. The molecule has 3 nitrogen and oxygen atoms in total. The monoisotopic (exact) mass is 205 g/mol. The quantitative estimate of drug-likeness (QED) is 0.765. The topological polar surface area (TPSA) is 38.3 Å². The van der Waals surface area contributed by atoms with Gasteiger partial charge >= 0.3 is 6.09 Å². The summed E-state index contributed by atoms with van der Waals surface area (Å²) in [5.41, 5.74) is 3.53. The van der Waals surface area contributed by atoms with Gasteiger partial charge in [0.05, 0.1) is 7.11 Å². The van der Waals surface area contributed by atoms with Gasteiger partial charge in [0.15, 0.2) is 0 Å². The highest BCUT2D eigenvalue weighted by molar-refractivity contribution is 5.85. The molecule has 3 heteroatoms. The van der Waals surface area contributed by atoms with Gasteiger partial charge in [0.2, 0.25) is 0 Å². The third kappa shape index (κ3) is 2.12. The number of carbonyl (C=O) groups excluding carboxylic acids is 1. The summed E-state index contributed by atoms with van der Waals surface area (Å²) in [6, 6.07) is 6.05. The number of methoxy groups -OCH3 is 1. The fourth-order valence-corrected chi connectivity index (χ4v) is 2.06. The summed E-state index contributed by atoms with van der Waals surface area (Å²) in [5, 5.41) is 2.76. The number of anilines is 1. The number of benzene rings is 1. The number of rotatable bonds is 1. The zero-order valence-electron chi connectivity index (χ0n) is 8.88. The highest BCUT2D eigenvalue weighted by Crippen LogP contribution is 2.27. The van der Waals surface area contributed by atoms with Crippen molar-refractivity contribution < 1.29 is 9.53 Å². The van der Waals surface area contributed by atoms with Crippen molar-refractivity contribution in [3.8, 4) is 0 Å². The lowest BCUT2D eigenvalue weighted by Crippen LogP contribution is -2.14. The zero-order valence-corrected chi connectivity index (χ0v) is 8.88. The van der Waals surface area contributed by atoms with Gasteiger partial charge < -0.3 is 4.74 Å². The van der Waals surface area contributed by atoms with Crippen LogP contribution in [0.3, 0.4) is 0 Å². The van der Waals surface area contributed by atoms with Crippen LogP contribution >= 0.6 is 0 Å². The van der Waals surface area contributed by atoms with Crippen LogP contribution in [-0.4, -0.2) is 13.2 Å². The second-order valence-electron chi connectivity index (χ2n) is 3.77. The highest BCUT2D eigenvalue weighted by Gasteiger charge is 2.14. The first-order valence-corrected chi connectivity index (χ1v) is 5.27. The maximum atomic E-state index is 11.1. The molecule has 0 atom stereocenters. The molecule has 1 aromatic rings. The van der Waals surface area contributed by atoms with Gasteiger partial charge in [-0.1, -0.05) is 12.1 Å². The van der Waals surface area contributed by atoms with Crippen LogP contribution in [0.5, 0.6) is 0 Å². The van der Waals surface area contributed by atoms with Crippen molar-refractivity contribution in [2.45, 2.75) is 25.7 Å². The highest BCUT2D eigenvalue weighted by atomic mass is 16.5. The van der Waals surface area contributed by atoms with E-state index in [0.29, 0.717) is 0 Å². The van der Waals surface area contributed by atoms with E-state index in [1.165, 1.54) is 31.1 Å². The largest absolute Gasteiger partial charge is 0.453 e. The fraction of sp³-hybridized carbons (Fsp3) is 0.417. The molecule has 0 heterocycles. The zero-order chi connectivity index (χ0) is 10.7. The van der Waals surface area contributed by atoms with Crippen molar-refractivity contribution in [3.05, 3.63) is 29.3 Å². The standard InChI is InChI=1S/C12H15NO2/c1-15-12(14)13-11-8-4-6-9-5-2-3-7-10(9)11/h4,6,8H,2-3,5,7H2,1H3,(H,13,14). The van der Waals surface area contributed by atoms with Crippen LogP contribution in [0.4, 0.5) is 10.5 Å². The normalized spacial score (nSPS) is 14.2. The van der Waals surface area contributed by atoms with E-state index in [0.717, 1.165) is 18.5 Å². The van der Waals surface area contributed by atoms with Crippen molar-refractivity contribution >= 4 is 11.8 Å². The lowest BCUT2D eigenvalue weighted by molar-refractivity contribution is 0.187. The van der Waals surface area contributed by atoms with E-state index in [4.69, 9.17) is 0 Å². The number of carbonyl (C=O) groups is 1. The number of aryl methyl sites for hydroxylation is 1. The van der Waals surface area contributed by atoms with Gasteiger partial charge in [0.1, 0.15) is 0 Å². The maximum Gasteiger partial charge on any atom is 0.411 e. The first kappa shape index (κ1) is 10.0. The minimum atomic E-state index is -0.394. The predicted octanol–water partition coefficient (Wildman–Crippen LogP) is 2.74. The van der Waals surface area contributed by atoms with Crippen LogP contribution in [0.15, 0.2) is 18.2 Å². The van der Waals surface area contributed by atoms with Gasteiger partial charge in [-0.2, -0.15) is 0 Å². The minimum absolute atomic E-state index is 0.394. The number of hydrogen-bond acceptors (Lipinski definition) is 2. The van der Waals surface area contributed by atoms with Crippen LogP contribution in [-0.2, 0) is 17.6 Å². The molecule has 1 amide bonds. The van der Waals surface area contributed by atoms with Crippen molar-refractivity contribution in [1.82, 2.24) is 0 Å². The molecule has 0 unspecified atom stereocenters. The van der Waals surface area contributed by atoms with E-state index < -0.39 is 6.09 Å². The SMILES string of the molecule is COC(=O)Nc1cccc2c1CCCC2. The number of nitrogens with one attached hydrogen (secondary N) is 1. The third-order valence-corrected chi connectivity index (χ3v) is 2.82. The third-order valence-electron chi connectivity index (χ3n) is 2.82. The second kappa shape index (κ2) is 4.34. The van der Waals surface area contributed by atoms with Gasteiger partial charge in [-0.05, 0) is 42.9 Å². The Hall–Kier alpha value is -1.51. The lowest BCUT2D eigenvalue weighted by atomic mass is 9.90. The molecule has 80 valence electrons. The number of amides is 1. The molecule has 0 spiro atoms. The maximum absolute atomic E-state index is 11.1. The molecule has 0 aromatic heterocycles. The minimum Gasteiger partial charge on any atom is -0.453 e. The average molecular weight is 205 g/mol. The van der Waals surface area contributed by atoms with Crippen LogP contribution < -0.4 is 5.32 Å². The lowest BCUT2D eigenvalue weighted by Gasteiger charge is -2.19. The van der Waals surface area contributed by atoms with Crippen molar-refractivity contribution in [2.24, 2.45) is 0 Å². The van der Waals surface area contributed by atoms with Crippen molar-refractivity contribution in [1.29, 1.82) is 0 Å². The van der Waals surface area contributed by atoms with Crippen molar-refractivity contribution in [2.75, 3.05) is 12.4 Å². The molecule has 2 rings (SSSR count). The molecule has 0 saturated carbocycles. The molecule has 0 fully saturated rings. The van der Waals surface area contributed by atoms with Gasteiger partial charge in [-0.25, -0.2) is 4.79 Å². The first-order valence-electron chi connectivity index (χ1n) is 5.27. The summed E-state index contributed by atoms with van der Waals surface area (Å²) in [7, 11) is 1.38. The van der Waals surface area contributed by atoms with E-state index in [9.17, 15) is 4.79 Å². The molecule has 1 aliphatic carbocycles. The first-order chi connectivity index (χ1) is 7.31. The fourth-order valence-electron chi connectivity index (χ4n) is 2.06. The molecule has 0 aliphatic heterocycles. The summed E-state index contributed by atoms with van der Waals surface area (Å²) in [6.45, 7) is 0. The summed E-state index contributed by atoms with van der Waals surface area (Å²) in [4.78, 5) is 11.1. The van der Waals surface area contributed by atoms with Gasteiger partial charge in [0.25, 0.3) is 0 Å². The molecule has 1 aromatic carbocycles. The summed E-state index contributed by atoms with van der Waals surface area (Å²) in [5.74, 6) is 0. The van der Waals surface area contributed by atoms with Gasteiger partial charge in [-0.3, -0.25) is 5.32 Å². The van der Waals surface area contributed by atoms with Gasteiger partial charge in [-0.15, -0.1) is 0 Å². The Morgan fingerprint density at radius 2 is 2.13 bits per heavy atom. The Labute approximate surface area is 89.4 Å². The molecule has 0 radical (unpaired) electrons. The summed E-state index contributed by atoms with van der Waals surface area (Å²) in [6.07, 6.45) is 4.22. The Bertz CT molecular complexity index is 374. The smallest absolute Gasteiger partial charge is 0.411 e. The molecule has 1 aliphatic rings. The van der Waals surface area contributed by atoms with Crippen LogP contribution in [0, 0.1) is 0 Å².